The van der Waals surface area contributed by atoms with Gasteiger partial charge in [-0.3, -0.25) is 0 Å². The van der Waals surface area contributed by atoms with Crippen molar-refractivity contribution < 1.29 is 8.91 Å². The first-order valence-electron chi connectivity index (χ1n) is 3.93. The Balaban J connectivity index is 2.57. The third kappa shape index (κ3) is 1.55. The Hall–Kier alpha value is -1.23. The van der Waals surface area contributed by atoms with Gasteiger partial charge in [0, 0.05) is 5.56 Å². The smallest absolute Gasteiger partial charge is 0.259 e. The molecule has 0 bridgehead atoms. The number of halogens is 2. The quantitative estimate of drug-likeness (QED) is 0.788. The molecule has 0 aliphatic carbocycles. The third-order valence-corrected chi connectivity index (χ3v) is 2.22. The molecule has 1 aromatic carbocycles. The summed E-state index contributed by atoms with van der Waals surface area (Å²) in [5.74, 6) is 0.0331. The number of aromatic nitrogens is 2. The molecule has 0 N–H and O–H groups in total. The van der Waals surface area contributed by atoms with Gasteiger partial charge in [0.25, 0.3) is 5.89 Å². The van der Waals surface area contributed by atoms with E-state index in [1.807, 2.05) is 0 Å². The van der Waals surface area contributed by atoms with Crippen LogP contribution in [-0.2, 0) is 0 Å². The van der Waals surface area contributed by atoms with Crippen molar-refractivity contribution in [2.45, 2.75) is 6.92 Å². The average Bonchev–Trinajstić information content (AvgIpc) is 2.57. The van der Waals surface area contributed by atoms with E-state index in [1.54, 1.807) is 19.1 Å². The summed E-state index contributed by atoms with van der Waals surface area (Å²) in [5, 5.41) is 3.57. The Morgan fingerprint density at radius 3 is 2.86 bits per heavy atom. The van der Waals surface area contributed by atoms with E-state index in [-0.39, 0.29) is 5.82 Å². The van der Waals surface area contributed by atoms with Crippen molar-refractivity contribution in [3.8, 4) is 11.5 Å². The molecule has 2 aromatic rings. The van der Waals surface area contributed by atoms with Crippen LogP contribution in [0.15, 0.2) is 27.5 Å². The zero-order valence-corrected chi connectivity index (χ0v) is 8.88. The van der Waals surface area contributed by atoms with Crippen molar-refractivity contribution in [2.75, 3.05) is 0 Å². The Morgan fingerprint density at radius 1 is 1.43 bits per heavy atom. The fourth-order valence-corrected chi connectivity index (χ4v) is 1.39. The second-order valence-electron chi connectivity index (χ2n) is 2.78. The minimum atomic E-state index is -0.281. The minimum Gasteiger partial charge on any atom is -0.333 e. The highest BCUT2D eigenvalue weighted by Crippen LogP contribution is 2.24. The number of nitrogens with zero attached hydrogens (tertiary/aromatic N) is 2. The molecular weight excluding hydrogens is 251 g/mol. The lowest BCUT2D eigenvalue weighted by Crippen LogP contribution is -1.87. The van der Waals surface area contributed by atoms with Crippen molar-refractivity contribution in [1.29, 1.82) is 0 Å². The molecule has 72 valence electrons. The van der Waals surface area contributed by atoms with Gasteiger partial charge < -0.3 is 4.52 Å². The fourth-order valence-electron chi connectivity index (χ4n) is 1.15. The van der Waals surface area contributed by atoms with Gasteiger partial charge in [0.15, 0.2) is 0 Å². The summed E-state index contributed by atoms with van der Waals surface area (Å²) in [7, 11) is 0. The summed E-state index contributed by atoms with van der Waals surface area (Å²) < 4.78 is 18.4. The zero-order chi connectivity index (χ0) is 10.1. The van der Waals surface area contributed by atoms with Crippen LogP contribution in [0.5, 0.6) is 0 Å². The molecule has 0 unspecified atom stereocenters. The number of hydrogen-bond donors (Lipinski definition) is 0. The molecule has 1 aromatic heterocycles. The lowest BCUT2D eigenvalue weighted by Gasteiger charge is -2.00. The lowest BCUT2D eigenvalue weighted by atomic mass is 10.1. The van der Waals surface area contributed by atoms with Crippen LogP contribution in [0.3, 0.4) is 0 Å². The molecule has 0 amide bonds. The average molecular weight is 257 g/mol. The molecule has 2 rings (SSSR count). The Kier molecular flexibility index (Phi) is 2.33. The summed E-state index contributed by atoms with van der Waals surface area (Å²) in [5.41, 5.74) is 1.12. The highest BCUT2D eigenvalue weighted by atomic mass is 79.9. The van der Waals surface area contributed by atoms with Gasteiger partial charge in [0.2, 0.25) is 4.73 Å². The van der Waals surface area contributed by atoms with E-state index in [0.29, 0.717) is 21.8 Å². The van der Waals surface area contributed by atoms with E-state index in [1.165, 1.54) is 6.07 Å². The highest BCUT2D eigenvalue weighted by Gasteiger charge is 2.11. The van der Waals surface area contributed by atoms with E-state index in [0.717, 1.165) is 0 Å². The number of hydrogen-bond acceptors (Lipinski definition) is 3. The van der Waals surface area contributed by atoms with Crippen LogP contribution in [0.25, 0.3) is 11.5 Å². The first-order valence-corrected chi connectivity index (χ1v) is 4.72. The van der Waals surface area contributed by atoms with Crippen molar-refractivity contribution >= 4 is 15.9 Å². The van der Waals surface area contributed by atoms with Gasteiger partial charge in [-0.15, -0.1) is 0 Å². The third-order valence-electron chi connectivity index (χ3n) is 1.90. The second-order valence-corrected chi connectivity index (χ2v) is 3.49. The maximum absolute atomic E-state index is 13.2. The molecule has 1 heterocycles. The summed E-state index contributed by atoms with van der Waals surface area (Å²) in [4.78, 5) is 3.96. The molecule has 0 fully saturated rings. The largest absolute Gasteiger partial charge is 0.333 e. The predicted octanol–water partition coefficient (Wildman–Crippen LogP) is 2.95. The van der Waals surface area contributed by atoms with Crippen LogP contribution in [-0.4, -0.2) is 10.1 Å². The fraction of sp³-hybridized carbons (Fsp3) is 0.111. The van der Waals surface area contributed by atoms with Crippen LogP contribution >= 0.6 is 15.9 Å². The first kappa shape index (κ1) is 9.33. The highest BCUT2D eigenvalue weighted by molar-refractivity contribution is 9.10. The molecule has 0 atom stereocenters. The van der Waals surface area contributed by atoms with Crippen LogP contribution in [0.2, 0.25) is 0 Å². The van der Waals surface area contributed by atoms with Crippen LogP contribution < -0.4 is 0 Å². The molecule has 0 saturated carbocycles. The number of rotatable bonds is 1. The topological polar surface area (TPSA) is 38.9 Å². The van der Waals surface area contributed by atoms with Crippen molar-refractivity contribution in [3.05, 3.63) is 34.3 Å². The second kappa shape index (κ2) is 3.49. The Morgan fingerprint density at radius 2 is 2.21 bits per heavy atom. The molecule has 0 spiro atoms. The minimum absolute atomic E-state index is 0.281. The van der Waals surface area contributed by atoms with Crippen molar-refractivity contribution in [3.63, 3.8) is 0 Å². The molecule has 0 saturated heterocycles. The summed E-state index contributed by atoms with van der Waals surface area (Å²) in [6.07, 6.45) is 0. The Bertz CT molecular complexity index is 470. The molecule has 0 aliphatic rings. The molecule has 14 heavy (non-hydrogen) atoms. The molecular formula is C9H6BrFN2O. The van der Waals surface area contributed by atoms with Gasteiger partial charge in [-0.25, -0.2) is 4.39 Å². The van der Waals surface area contributed by atoms with E-state index in [9.17, 15) is 4.39 Å². The van der Waals surface area contributed by atoms with Gasteiger partial charge in [-0.2, -0.15) is 4.98 Å². The van der Waals surface area contributed by atoms with Crippen LogP contribution in [0.1, 0.15) is 5.56 Å². The van der Waals surface area contributed by atoms with Gasteiger partial charge in [-0.05, 0) is 45.7 Å². The normalized spacial score (nSPS) is 10.5. The van der Waals surface area contributed by atoms with E-state index >= 15 is 0 Å². The van der Waals surface area contributed by atoms with E-state index in [4.69, 9.17) is 4.52 Å². The summed E-state index contributed by atoms with van der Waals surface area (Å²) >= 11 is 3.06. The van der Waals surface area contributed by atoms with Crippen LogP contribution in [0.4, 0.5) is 4.39 Å². The first-order chi connectivity index (χ1) is 6.68. The SMILES string of the molecule is Cc1c(F)cccc1-c1nc(Br)no1. The van der Waals surface area contributed by atoms with Gasteiger partial charge in [0.1, 0.15) is 5.82 Å². The van der Waals surface area contributed by atoms with E-state index < -0.39 is 0 Å². The maximum Gasteiger partial charge on any atom is 0.259 e. The van der Waals surface area contributed by atoms with Crippen molar-refractivity contribution in [1.82, 2.24) is 10.1 Å². The molecule has 0 radical (unpaired) electrons. The molecule has 5 heteroatoms. The standard InChI is InChI=1S/C9H6BrFN2O/c1-5-6(3-2-4-7(5)11)8-12-9(10)13-14-8/h2-4H,1H3. The van der Waals surface area contributed by atoms with Gasteiger partial charge in [0.05, 0.1) is 0 Å². The molecule has 0 aliphatic heterocycles. The monoisotopic (exact) mass is 256 g/mol. The van der Waals surface area contributed by atoms with E-state index in [2.05, 4.69) is 26.1 Å². The van der Waals surface area contributed by atoms with Crippen molar-refractivity contribution in [2.24, 2.45) is 0 Å². The summed E-state index contributed by atoms with van der Waals surface area (Å²) in [6.45, 7) is 1.67. The van der Waals surface area contributed by atoms with Gasteiger partial charge >= 0.3 is 0 Å². The summed E-state index contributed by atoms with van der Waals surface area (Å²) in [6, 6.07) is 4.73. The van der Waals surface area contributed by atoms with Gasteiger partial charge in [-0.1, -0.05) is 6.07 Å². The van der Waals surface area contributed by atoms with Crippen LogP contribution in [0, 0.1) is 12.7 Å². The molecule has 3 nitrogen and oxygen atoms in total. The Labute approximate surface area is 88.1 Å². The zero-order valence-electron chi connectivity index (χ0n) is 7.29. The number of benzene rings is 1. The lowest BCUT2D eigenvalue weighted by molar-refractivity contribution is 0.425. The predicted molar refractivity (Wildman–Crippen MR) is 52.1 cm³/mol. The maximum atomic E-state index is 13.2.